The molecule has 0 aromatic heterocycles. The summed E-state index contributed by atoms with van der Waals surface area (Å²) >= 11 is 0. The quantitative estimate of drug-likeness (QED) is 0.776. The van der Waals surface area contributed by atoms with Crippen LogP contribution in [0.5, 0.6) is 0 Å². The van der Waals surface area contributed by atoms with E-state index in [4.69, 9.17) is 0 Å². The number of carbonyl (C=O) groups is 1. The van der Waals surface area contributed by atoms with Crippen LogP contribution in [0, 0.1) is 6.92 Å². The molecule has 1 N–H and O–H groups in total. The van der Waals surface area contributed by atoms with Crippen LogP contribution >= 0.6 is 0 Å². The van der Waals surface area contributed by atoms with E-state index in [1.807, 2.05) is 49.4 Å². The van der Waals surface area contributed by atoms with Gasteiger partial charge in [-0.1, -0.05) is 54.4 Å². The van der Waals surface area contributed by atoms with E-state index >= 15 is 0 Å². The Labute approximate surface area is 167 Å². The van der Waals surface area contributed by atoms with Crippen molar-refractivity contribution in [2.24, 2.45) is 0 Å². The van der Waals surface area contributed by atoms with Crippen LogP contribution in [0.2, 0.25) is 0 Å². The number of benzene rings is 2. The minimum absolute atomic E-state index is 0.0908. The van der Waals surface area contributed by atoms with Gasteiger partial charge in [-0.2, -0.15) is 4.31 Å². The molecular weight excluding hydrogens is 372 g/mol. The highest BCUT2D eigenvalue weighted by Crippen LogP contribution is 2.27. The Hall–Kier alpha value is -2.18. The molecule has 1 heterocycles. The number of hydrogen-bond donors (Lipinski definition) is 1. The zero-order valence-electron chi connectivity index (χ0n) is 16.3. The summed E-state index contributed by atoms with van der Waals surface area (Å²) in [5.41, 5.74) is 2.19. The molecule has 0 aliphatic carbocycles. The molecule has 0 bridgehead atoms. The second-order valence-corrected chi connectivity index (χ2v) is 9.26. The highest BCUT2D eigenvalue weighted by Gasteiger charge is 2.34. The Morgan fingerprint density at radius 3 is 2.50 bits per heavy atom. The van der Waals surface area contributed by atoms with Crippen LogP contribution in [0.25, 0.3) is 0 Å². The van der Waals surface area contributed by atoms with Gasteiger partial charge in [-0.15, -0.1) is 0 Å². The fourth-order valence-corrected chi connectivity index (χ4v) is 5.31. The predicted molar refractivity (Wildman–Crippen MR) is 110 cm³/mol. The van der Waals surface area contributed by atoms with Crippen LogP contribution < -0.4 is 5.32 Å². The van der Waals surface area contributed by atoms with Crippen molar-refractivity contribution in [2.45, 2.75) is 50.0 Å². The van der Waals surface area contributed by atoms with Crippen LogP contribution in [0.15, 0.2) is 59.5 Å². The summed E-state index contributed by atoms with van der Waals surface area (Å²) in [7, 11) is -3.58. The van der Waals surface area contributed by atoms with Gasteiger partial charge in [-0.05, 0) is 43.9 Å². The molecule has 1 atom stereocenters. The largest absolute Gasteiger partial charge is 0.356 e. The van der Waals surface area contributed by atoms with Crippen LogP contribution in [0.3, 0.4) is 0 Å². The molecule has 1 fully saturated rings. The Bertz CT molecular complexity index is 880. The molecule has 28 heavy (non-hydrogen) atoms. The fraction of sp³-hybridized carbons (Fsp3) is 0.409. The van der Waals surface area contributed by atoms with Gasteiger partial charge in [0.1, 0.15) is 0 Å². The van der Waals surface area contributed by atoms with Crippen LogP contribution in [-0.4, -0.2) is 37.8 Å². The minimum Gasteiger partial charge on any atom is -0.356 e. The third kappa shape index (κ3) is 5.20. The lowest BCUT2D eigenvalue weighted by molar-refractivity contribution is -0.122. The SMILES string of the molecule is Cc1ccc(S(=O)(=O)N2CCCC[C@H]2CC(=O)NCCc2ccccc2)cc1. The smallest absolute Gasteiger partial charge is 0.243 e. The number of carbonyl (C=O) groups excluding carboxylic acids is 1. The van der Waals surface area contributed by atoms with Gasteiger partial charge < -0.3 is 5.32 Å². The zero-order chi connectivity index (χ0) is 20.0. The van der Waals surface area contributed by atoms with E-state index in [-0.39, 0.29) is 18.4 Å². The summed E-state index contributed by atoms with van der Waals surface area (Å²) in [6.07, 6.45) is 3.47. The van der Waals surface area contributed by atoms with Gasteiger partial charge in [0.2, 0.25) is 15.9 Å². The van der Waals surface area contributed by atoms with Gasteiger partial charge in [0, 0.05) is 25.6 Å². The second-order valence-electron chi connectivity index (χ2n) is 7.37. The standard InChI is InChI=1S/C22H28N2O3S/c1-18-10-12-21(13-11-18)28(26,27)24-16-6-5-9-20(24)17-22(25)23-15-14-19-7-3-2-4-8-19/h2-4,7-8,10-13,20H,5-6,9,14-17H2,1H3,(H,23,25)/t20-/m0/s1. The monoisotopic (exact) mass is 400 g/mol. The summed E-state index contributed by atoms with van der Waals surface area (Å²) < 4.78 is 27.7. The summed E-state index contributed by atoms with van der Waals surface area (Å²) in [6.45, 7) is 2.96. The van der Waals surface area contributed by atoms with Crippen molar-refractivity contribution >= 4 is 15.9 Å². The van der Waals surface area contributed by atoms with Crippen molar-refractivity contribution in [2.75, 3.05) is 13.1 Å². The summed E-state index contributed by atoms with van der Waals surface area (Å²) in [5, 5.41) is 2.94. The number of sulfonamides is 1. The number of nitrogens with one attached hydrogen (secondary N) is 1. The van der Waals surface area contributed by atoms with E-state index in [0.717, 1.165) is 31.2 Å². The minimum atomic E-state index is -3.58. The van der Waals surface area contributed by atoms with E-state index in [9.17, 15) is 13.2 Å². The van der Waals surface area contributed by atoms with Gasteiger partial charge in [0.05, 0.1) is 4.90 Å². The number of nitrogens with zero attached hydrogens (tertiary/aromatic N) is 1. The van der Waals surface area contributed by atoms with Gasteiger partial charge in [0.15, 0.2) is 0 Å². The molecule has 6 heteroatoms. The first-order valence-electron chi connectivity index (χ1n) is 9.86. The molecule has 0 unspecified atom stereocenters. The maximum Gasteiger partial charge on any atom is 0.243 e. The molecular formula is C22H28N2O3S. The normalized spacial score (nSPS) is 18.0. The fourth-order valence-electron chi connectivity index (χ4n) is 3.62. The van der Waals surface area contributed by atoms with Crippen LogP contribution in [0.1, 0.15) is 36.8 Å². The lowest BCUT2D eigenvalue weighted by Crippen LogP contribution is -2.46. The number of aryl methyl sites for hydroxylation is 1. The van der Waals surface area contributed by atoms with E-state index in [0.29, 0.717) is 18.0 Å². The molecule has 1 aliphatic rings. The molecule has 0 radical (unpaired) electrons. The van der Waals surface area contributed by atoms with Gasteiger partial charge in [-0.3, -0.25) is 4.79 Å². The van der Waals surface area contributed by atoms with E-state index in [1.54, 1.807) is 12.1 Å². The summed E-state index contributed by atoms with van der Waals surface area (Å²) in [6, 6.07) is 16.6. The predicted octanol–water partition coefficient (Wildman–Crippen LogP) is 3.29. The van der Waals surface area contributed by atoms with E-state index in [2.05, 4.69) is 5.32 Å². The van der Waals surface area contributed by atoms with Crippen molar-refractivity contribution in [1.29, 1.82) is 0 Å². The number of amides is 1. The summed E-state index contributed by atoms with van der Waals surface area (Å²) in [5.74, 6) is -0.0908. The molecule has 1 saturated heterocycles. The van der Waals surface area contributed by atoms with E-state index in [1.165, 1.54) is 9.87 Å². The molecule has 1 aliphatic heterocycles. The Kier molecular flexibility index (Phi) is 6.86. The first-order valence-corrected chi connectivity index (χ1v) is 11.3. The van der Waals surface area contributed by atoms with Crippen molar-refractivity contribution in [3.05, 3.63) is 65.7 Å². The molecule has 2 aromatic rings. The topological polar surface area (TPSA) is 66.5 Å². The third-order valence-electron chi connectivity index (χ3n) is 5.20. The van der Waals surface area contributed by atoms with Crippen LogP contribution in [-0.2, 0) is 21.2 Å². The van der Waals surface area contributed by atoms with Crippen molar-refractivity contribution in [3.63, 3.8) is 0 Å². The van der Waals surface area contributed by atoms with E-state index < -0.39 is 10.0 Å². The lowest BCUT2D eigenvalue weighted by Gasteiger charge is -2.34. The number of piperidine rings is 1. The highest BCUT2D eigenvalue weighted by molar-refractivity contribution is 7.89. The molecule has 0 saturated carbocycles. The Morgan fingerprint density at radius 2 is 1.79 bits per heavy atom. The highest BCUT2D eigenvalue weighted by atomic mass is 32.2. The first-order chi connectivity index (χ1) is 13.5. The number of hydrogen-bond acceptors (Lipinski definition) is 3. The maximum atomic E-state index is 13.1. The van der Waals surface area contributed by atoms with Gasteiger partial charge >= 0.3 is 0 Å². The Morgan fingerprint density at radius 1 is 1.07 bits per heavy atom. The van der Waals surface area contributed by atoms with Crippen molar-refractivity contribution in [3.8, 4) is 0 Å². The maximum absolute atomic E-state index is 13.1. The van der Waals surface area contributed by atoms with Crippen molar-refractivity contribution < 1.29 is 13.2 Å². The average molecular weight is 401 g/mol. The molecule has 150 valence electrons. The second kappa shape index (κ2) is 9.34. The molecule has 3 rings (SSSR count). The third-order valence-corrected chi connectivity index (χ3v) is 7.17. The molecule has 5 nitrogen and oxygen atoms in total. The summed E-state index contributed by atoms with van der Waals surface area (Å²) in [4.78, 5) is 12.7. The Balaban J connectivity index is 1.61. The number of rotatable bonds is 7. The zero-order valence-corrected chi connectivity index (χ0v) is 17.1. The van der Waals surface area contributed by atoms with Crippen LogP contribution in [0.4, 0.5) is 0 Å². The first kappa shape index (κ1) is 20.6. The van der Waals surface area contributed by atoms with Crippen molar-refractivity contribution in [1.82, 2.24) is 9.62 Å². The average Bonchev–Trinajstić information content (AvgIpc) is 2.69. The molecule has 0 spiro atoms. The lowest BCUT2D eigenvalue weighted by atomic mass is 10.0. The molecule has 2 aromatic carbocycles. The van der Waals surface area contributed by atoms with Gasteiger partial charge in [0.25, 0.3) is 0 Å². The molecule has 1 amide bonds. The van der Waals surface area contributed by atoms with Gasteiger partial charge in [-0.25, -0.2) is 8.42 Å².